The predicted molar refractivity (Wildman–Crippen MR) is 130 cm³/mol. The molecule has 0 radical (unpaired) electrons. The molecule has 1 saturated carbocycles. The van der Waals surface area contributed by atoms with E-state index in [1.807, 2.05) is 18.2 Å². The Kier molecular flexibility index (Phi) is 8.71. The van der Waals surface area contributed by atoms with Crippen molar-refractivity contribution in [2.24, 2.45) is 11.8 Å². The van der Waals surface area contributed by atoms with Gasteiger partial charge in [0.25, 0.3) is 0 Å². The van der Waals surface area contributed by atoms with Crippen LogP contribution in [0.15, 0.2) is 54.6 Å². The fraction of sp³-hybridized carbons (Fsp3) is 0.536. The maximum atomic E-state index is 13.2. The smallest absolute Gasteiger partial charge is 0.416 e. The summed E-state index contributed by atoms with van der Waals surface area (Å²) in [5.74, 6) is 0.238. The van der Waals surface area contributed by atoms with E-state index in [9.17, 15) is 18.0 Å². The quantitative estimate of drug-likeness (QED) is 0.517. The normalized spacial score (nSPS) is 22.0. The van der Waals surface area contributed by atoms with Crippen molar-refractivity contribution < 1.29 is 22.7 Å². The van der Waals surface area contributed by atoms with Gasteiger partial charge >= 0.3 is 6.18 Å². The van der Waals surface area contributed by atoms with Crippen LogP contribution in [0.1, 0.15) is 49.7 Å². The van der Waals surface area contributed by atoms with Gasteiger partial charge in [0.1, 0.15) is 5.75 Å². The molecule has 2 atom stereocenters. The van der Waals surface area contributed by atoms with Gasteiger partial charge in [-0.1, -0.05) is 55.7 Å². The number of amides is 1. The minimum atomic E-state index is -4.40. The molecule has 0 spiro atoms. The summed E-state index contributed by atoms with van der Waals surface area (Å²) in [6.45, 7) is 2.58. The van der Waals surface area contributed by atoms with Crippen LogP contribution < -0.4 is 10.1 Å². The van der Waals surface area contributed by atoms with E-state index in [2.05, 4.69) is 22.3 Å². The van der Waals surface area contributed by atoms with Gasteiger partial charge in [0.05, 0.1) is 18.1 Å². The lowest BCUT2D eigenvalue weighted by Gasteiger charge is -2.38. The third kappa shape index (κ3) is 7.72. The Morgan fingerprint density at radius 3 is 2.51 bits per heavy atom. The third-order valence-electron chi connectivity index (χ3n) is 7.14. The molecule has 1 heterocycles. The first-order valence-electron chi connectivity index (χ1n) is 12.7. The van der Waals surface area contributed by atoms with E-state index in [1.165, 1.54) is 18.1 Å². The Morgan fingerprint density at radius 2 is 1.77 bits per heavy atom. The van der Waals surface area contributed by atoms with Gasteiger partial charge in [0, 0.05) is 31.6 Å². The highest BCUT2D eigenvalue weighted by Crippen LogP contribution is 2.32. The van der Waals surface area contributed by atoms with Crippen molar-refractivity contribution in [3.63, 3.8) is 0 Å². The van der Waals surface area contributed by atoms with Crippen LogP contribution in [0.5, 0.6) is 5.75 Å². The lowest BCUT2D eigenvalue weighted by atomic mass is 9.87. The average Bonchev–Trinajstić information content (AvgIpc) is 2.87. The molecule has 0 bridgehead atoms. The molecule has 2 aliphatic rings. The second-order valence-electron chi connectivity index (χ2n) is 9.97. The third-order valence-corrected chi connectivity index (χ3v) is 7.14. The molecule has 1 saturated heterocycles. The van der Waals surface area contributed by atoms with Crippen molar-refractivity contribution in [1.29, 1.82) is 0 Å². The number of likely N-dealkylation sites (tertiary alicyclic amines) is 1. The van der Waals surface area contributed by atoms with Crippen molar-refractivity contribution in [1.82, 2.24) is 10.2 Å². The highest BCUT2D eigenvalue weighted by atomic mass is 19.4. The van der Waals surface area contributed by atoms with Crippen LogP contribution in [0.2, 0.25) is 0 Å². The van der Waals surface area contributed by atoms with Gasteiger partial charge in [-0.2, -0.15) is 13.2 Å². The summed E-state index contributed by atoms with van der Waals surface area (Å²) in [6, 6.07) is 15.5. The minimum Gasteiger partial charge on any atom is -0.493 e. The molecule has 2 fully saturated rings. The van der Waals surface area contributed by atoms with Crippen molar-refractivity contribution in [2.75, 3.05) is 26.2 Å². The Hall–Kier alpha value is -2.54. The molecule has 1 aliphatic carbocycles. The first-order valence-corrected chi connectivity index (χ1v) is 12.7. The molecule has 4 rings (SSSR count). The maximum absolute atomic E-state index is 13.2. The van der Waals surface area contributed by atoms with Crippen LogP contribution >= 0.6 is 0 Å². The second-order valence-corrected chi connectivity index (χ2v) is 9.97. The lowest BCUT2D eigenvalue weighted by molar-refractivity contribution is -0.137. The van der Waals surface area contributed by atoms with Crippen molar-refractivity contribution >= 4 is 5.91 Å². The minimum absolute atomic E-state index is 0.0659. The summed E-state index contributed by atoms with van der Waals surface area (Å²) in [4.78, 5) is 15.5. The number of halogens is 3. The zero-order valence-corrected chi connectivity index (χ0v) is 20.1. The molecule has 4 nitrogen and oxygen atoms in total. The molecule has 190 valence electrons. The number of piperidine rings is 1. The number of nitrogens with one attached hydrogen (secondary N) is 1. The predicted octanol–water partition coefficient (Wildman–Crippen LogP) is 5.71. The second kappa shape index (κ2) is 11.9. The van der Waals surface area contributed by atoms with E-state index in [0.717, 1.165) is 57.3 Å². The van der Waals surface area contributed by atoms with Gasteiger partial charge in [0.2, 0.25) is 5.91 Å². The molecule has 35 heavy (non-hydrogen) atoms. The molecular weight excluding hydrogens is 453 g/mol. The number of carbonyl (C=O) groups excluding carboxylic acids is 1. The topological polar surface area (TPSA) is 41.6 Å². The summed E-state index contributed by atoms with van der Waals surface area (Å²) in [5.41, 5.74) is 0.533. The fourth-order valence-electron chi connectivity index (χ4n) is 5.27. The van der Waals surface area contributed by atoms with Crippen molar-refractivity contribution in [2.45, 2.75) is 57.2 Å². The molecule has 2 aromatic carbocycles. The summed E-state index contributed by atoms with van der Waals surface area (Å²) < 4.78 is 45.0. The van der Waals surface area contributed by atoms with E-state index in [4.69, 9.17) is 4.74 Å². The Morgan fingerprint density at radius 1 is 1.00 bits per heavy atom. The fourth-order valence-corrected chi connectivity index (χ4v) is 5.27. The summed E-state index contributed by atoms with van der Waals surface area (Å²) >= 11 is 0. The Labute approximate surface area is 205 Å². The first-order chi connectivity index (χ1) is 16.9. The zero-order valence-electron chi connectivity index (χ0n) is 20.1. The highest BCUT2D eigenvalue weighted by Gasteiger charge is 2.33. The number of nitrogens with zero attached hydrogens (tertiary/aromatic N) is 1. The Bertz CT molecular complexity index is 945. The van der Waals surface area contributed by atoms with E-state index in [0.29, 0.717) is 13.0 Å². The number of hydrogen-bond donors (Lipinski definition) is 1. The standard InChI is InChI=1S/C28H35F3N2O2/c29-28(30,31)24-10-7-13-26(17-24)35-20-22-16-23(27(34)32-25-11-5-2-6-12-25)19-33(18-22)15-14-21-8-3-1-4-9-21/h1,3-4,7-10,13,17,22-23,25H,2,5-6,11-12,14-16,18-20H2,(H,32,34)/t22-,23+/m0/s1. The number of benzene rings is 2. The summed E-state index contributed by atoms with van der Waals surface area (Å²) in [5, 5.41) is 3.27. The van der Waals surface area contributed by atoms with E-state index < -0.39 is 11.7 Å². The number of alkyl halides is 3. The Balaban J connectivity index is 1.39. The lowest BCUT2D eigenvalue weighted by Crippen LogP contribution is -2.50. The molecule has 0 aromatic heterocycles. The van der Waals surface area contributed by atoms with E-state index in [1.54, 1.807) is 6.07 Å². The van der Waals surface area contributed by atoms with Gasteiger partial charge in [-0.15, -0.1) is 0 Å². The summed E-state index contributed by atoms with van der Waals surface area (Å²) in [6.07, 6.45) is 2.80. The van der Waals surface area contributed by atoms with Crippen LogP contribution in [0.25, 0.3) is 0 Å². The van der Waals surface area contributed by atoms with E-state index >= 15 is 0 Å². The molecule has 2 aromatic rings. The largest absolute Gasteiger partial charge is 0.493 e. The number of ether oxygens (including phenoxy) is 1. The van der Waals surface area contributed by atoms with E-state index in [-0.39, 0.29) is 36.1 Å². The van der Waals surface area contributed by atoms with Crippen LogP contribution in [-0.2, 0) is 17.4 Å². The van der Waals surface area contributed by atoms with Crippen LogP contribution in [0.3, 0.4) is 0 Å². The van der Waals surface area contributed by atoms with Crippen LogP contribution in [0, 0.1) is 11.8 Å². The van der Waals surface area contributed by atoms with Gasteiger partial charge in [-0.3, -0.25) is 4.79 Å². The monoisotopic (exact) mass is 488 g/mol. The number of carbonyl (C=O) groups is 1. The molecule has 1 N–H and O–H groups in total. The van der Waals surface area contributed by atoms with Crippen molar-refractivity contribution in [3.05, 3.63) is 65.7 Å². The maximum Gasteiger partial charge on any atom is 0.416 e. The molecule has 0 unspecified atom stereocenters. The van der Waals surface area contributed by atoms with Crippen LogP contribution in [0.4, 0.5) is 13.2 Å². The molecule has 1 aliphatic heterocycles. The van der Waals surface area contributed by atoms with Gasteiger partial charge in [-0.25, -0.2) is 0 Å². The van der Waals surface area contributed by atoms with Crippen LogP contribution in [-0.4, -0.2) is 43.1 Å². The van der Waals surface area contributed by atoms with Crippen molar-refractivity contribution in [3.8, 4) is 5.75 Å². The molecule has 7 heteroatoms. The van der Waals surface area contributed by atoms with Gasteiger partial charge in [-0.05, 0) is 49.4 Å². The van der Waals surface area contributed by atoms with Gasteiger partial charge in [0.15, 0.2) is 0 Å². The zero-order chi connectivity index (χ0) is 24.7. The first kappa shape index (κ1) is 25.5. The number of rotatable bonds is 8. The number of hydrogen-bond acceptors (Lipinski definition) is 3. The SMILES string of the molecule is O=C(NC1CCCCC1)[C@@H]1C[C@H](COc2cccc(C(F)(F)F)c2)CN(CCc2ccccc2)C1. The summed E-state index contributed by atoms with van der Waals surface area (Å²) in [7, 11) is 0. The van der Waals surface area contributed by atoms with Gasteiger partial charge < -0.3 is 15.0 Å². The highest BCUT2D eigenvalue weighted by molar-refractivity contribution is 5.79. The average molecular weight is 489 g/mol. The molecule has 1 amide bonds. The molecular formula is C28H35F3N2O2.